The molecule has 0 spiro atoms. The first-order valence-electron chi connectivity index (χ1n) is 13.6. The van der Waals surface area contributed by atoms with Crippen molar-refractivity contribution in [2.45, 2.75) is 70.0 Å². The molecule has 40 heavy (non-hydrogen) atoms. The zero-order chi connectivity index (χ0) is 28.9. The maximum atomic E-state index is 14.1. The predicted molar refractivity (Wildman–Crippen MR) is 159 cm³/mol. The van der Waals surface area contributed by atoms with Crippen LogP contribution in [0.1, 0.15) is 49.3 Å². The first-order valence-corrected chi connectivity index (χ1v) is 15.4. The molecule has 3 aromatic rings. The van der Waals surface area contributed by atoms with Gasteiger partial charge in [0.2, 0.25) is 11.8 Å². The molecule has 1 unspecified atom stereocenters. The van der Waals surface area contributed by atoms with Gasteiger partial charge in [0.25, 0.3) is 10.0 Å². The Labute approximate surface area is 242 Å². The molecular formula is C31H36ClN3O4S. The van der Waals surface area contributed by atoms with Crippen LogP contribution < -0.4 is 9.62 Å². The molecule has 0 radical (unpaired) electrons. The van der Waals surface area contributed by atoms with Gasteiger partial charge in [0.15, 0.2) is 0 Å². The third-order valence-electron chi connectivity index (χ3n) is 7.37. The van der Waals surface area contributed by atoms with E-state index in [0.29, 0.717) is 10.7 Å². The molecule has 0 aromatic heterocycles. The Morgan fingerprint density at radius 1 is 0.975 bits per heavy atom. The number of hydrogen-bond donors (Lipinski definition) is 1. The molecule has 9 heteroatoms. The van der Waals surface area contributed by atoms with Crippen LogP contribution in [0.2, 0.25) is 5.02 Å². The summed E-state index contributed by atoms with van der Waals surface area (Å²) in [7, 11) is -4.09. The van der Waals surface area contributed by atoms with Crippen LogP contribution in [-0.4, -0.2) is 43.8 Å². The quantitative estimate of drug-likeness (QED) is 0.336. The first-order chi connectivity index (χ1) is 19.1. The summed E-state index contributed by atoms with van der Waals surface area (Å²) in [6.07, 6.45) is 3.96. The number of anilines is 1. The van der Waals surface area contributed by atoms with Gasteiger partial charge in [0, 0.05) is 17.6 Å². The van der Waals surface area contributed by atoms with Crippen LogP contribution in [-0.2, 0) is 26.2 Å². The van der Waals surface area contributed by atoms with E-state index in [-0.39, 0.29) is 23.4 Å². The monoisotopic (exact) mass is 581 g/mol. The van der Waals surface area contributed by atoms with Crippen LogP contribution in [0.4, 0.5) is 5.69 Å². The molecule has 0 saturated heterocycles. The maximum absolute atomic E-state index is 14.1. The Morgan fingerprint density at radius 3 is 2.25 bits per heavy atom. The third kappa shape index (κ3) is 7.04. The molecule has 212 valence electrons. The van der Waals surface area contributed by atoms with Crippen molar-refractivity contribution in [2.24, 2.45) is 0 Å². The molecule has 7 nitrogen and oxygen atoms in total. The predicted octanol–water partition coefficient (Wildman–Crippen LogP) is 5.63. The van der Waals surface area contributed by atoms with Crippen molar-refractivity contribution in [1.29, 1.82) is 0 Å². The first kappa shape index (κ1) is 29.6. The largest absolute Gasteiger partial charge is 0.352 e. The average Bonchev–Trinajstić information content (AvgIpc) is 3.45. The molecule has 1 fully saturated rings. The molecule has 1 aliphatic rings. The van der Waals surface area contributed by atoms with Crippen molar-refractivity contribution in [3.8, 4) is 0 Å². The molecule has 0 heterocycles. The van der Waals surface area contributed by atoms with E-state index in [4.69, 9.17) is 11.6 Å². The van der Waals surface area contributed by atoms with E-state index in [1.807, 2.05) is 26.0 Å². The molecule has 2 amide bonds. The number of hydrogen-bond acceptors (Lipinski definition) is 4. The minimum atomic E-state index is -4.09. The topological polar surface area (TPSA) is 86.8 Å². The SMILES string of the molecule is Cc1ccc(N(CC(=O)N(Cc2ccc(Cl)cc2)C(C)C(=O)NC2CCCC2)S(=O)(=O)c2ccccc2)c(C)c1. The molecule has 0 aliphatic heterocycles. The zero-order valence-corrected chi connectivity index (χ0v) is 24.7. The Balaban J connectivity index is 1.70. The Morgan fingerprint density at radius 2 is 1.62 bits per heavy atom. The second kappa shape index (κ2) is 12.9. The lowest BCUT2D eigenvalue weighted by Crippen LogP contribution is -2.52. The molecular weight excluding hydrogens is 546 g/mol. The second-order valence-corrected chi connectivity index (χ2v) is 12.7. The normalized spacial score (nSPS) is 14.5. The highest BCUT2D eigenvalue weighted by Crippen LogP contribution is 2.28. The number of aryl methyl sites for hydroxylation is 2. The van der Waals surface area contributed by atoms with Crippen LogP contribution in [0.5, 0.6) is 0 Å². The minimum Gasteiger partial charge on any atom is -0.352 e. The highest BCUT2D eigenvalue weighted by Gasteiger charge is 2.33. The van der Waals surface area contributed by atoms with Crippen molar-refractivity contribution in [3.05, 3.63) is 94.5 Å². The summed E-state index contributed by atoms with van der Waals surface area (Å²) in [6.45, 7) is 5.10. The van der Waals surface area contributed by atoms with Crippen LogP contribution in [0.25, 0.3) is 0 Å². The van der Waals surface area contributed by atoms with Crippen LogP contribution in [0, 0.1) is 13.8 Å². The van der Waals surface area contributed by atoms with E-state index < -0.39 is 28.5 Å². The number of halogens is 1. The summed E-state index contributed by atoms with van der Waals surface area (Å²) in [5, 5.41) is 3.64. The van der Waals surface area contributed by atoms with Gasteiger partial charge in [-0.2, -0.15) is 0 Å². The minimum absolute atomic E-state index is 0.0825. The number of rotatable bonds is 10. The summed E-state index contributed by atoms with van der Waals surface area (Å²) >= 11 is 6.07. The number of nitrogens with one attached hydrogen (secondary N) is 1. The second-order valence-electron chi connectivity index (χ2n) is 10.4. The highest BCUT2D eigenvalue weighted by atomic mass is 35.5. The molecule has 1 atom stereocenters. The number of sulfonamides is 1. The van der Waals surface area contributed by atoms with E-state index in [1.54, 1.807) is 55.5 Å². The standard InChI is InChI=1S/C31H36ClN3O4S/c1-22-13-18-29(23(2)19-22)35(40(38,39)28-11-5-4-6-12-28)21-30(36)34(20-25-14-16-26(32)17-15-25)24(3)31(37)33-27-9-7-8-10-27/h4-6,11-19,24,27H,7-10,20-21H2,1-3H3,(H,33,37). The van der Waals surface area contributed by atoms with E-state index >= 15 is 0 Å². The summed E-state index contributed by atoms with van der Waals surface area (Å²) in [5.74, 6) is -0.735. The fraction of sp³-hybridized carbons (Fsp3) is 0.355. The molecule has 1 aliphatic carbocycles. The van der Waals surface area contributed by atoms with Crippen LogP contribution in [0.15, 0.2) is 77.7 Å². The van der Waals surface area contributed by atoms with Gasteiger partial charge in [-0.1, -0.05) is 72.5 Å². The van der Waals surface area contributed by atoms with Gasteiger partial charge in [-0.05, 0) is 75.1 Å². The van der Waals surface area contributed by atoms with E-state index in [9.17, 15) is 18.0 Å². The van der Waals surface area contributed by atoms with Gasteiger partial charge in [0.05, 0.1) is 10.6 Å². The van der Waals surface area contributed by atoms with Gasteiger partial charge in [-0.25, -0.2) is 8.42 Å². The number of nitrogens with zero attached hydrogens (tertiary/aromatic N) is 2. The molecule has 0 bridgehead atoms. The summed E-state index contributed by atoms with van der Waals surface area (Å²) < 4.78 is 29.0. The van der Waals surface area contributed by atoms with Crippen molar-refractivity contribution >= 4 is 39.1 Å². The van der Waals surface area contributed by atoms with Crippen LogP contribution >= 0.6 is 11.6 Å². The van der Waals surface area contributed by atoms with Crippen molar-refractivity contribution in [1.82, 2.24) is 10.2 Å². The average molecular weight is 582 g/mol. The lowest BCUT2D eigenvalue weighted by Gasteiger charge is -2.33. The van der Waals surface area contributed by atoms with Crippen molar-refractivity contribution in [3.63, 3.8) is 0 Å². The summed E-state index contributed by atoms with van der Waals surface area (Å²) in [5.41, 5.74) is 2.90. The maximum Gasteiger partial charge on any atom is 0.264 e. The Bertz CT molecular complexity index is 1440. The summed E-state index contributed by atoms with van der Waals surface area (Å²) in [6, 6.07) is 19.8. The number of amides is 2. The van der Waals surface area contributed by atoms with Crippen molar-refractivity contribution in [2.75, 3.05) is 10.8 Å². The molecule has 1 saturated carbocycles. The molecule has 4 rings (SSSR count). The van der Waals surface area contributed by atoms with Gasteiger partial charge in [0.1, 0.15) is 12.6 Å². The van der Waals surface area contributed by atoms with Gasteiger partial charge in [-0.15, -0.1) is 0 Å². The van der Waals surface area contributed by atoms with Gasteiger partial charge < -0.3 is 10.2 Å². The van der Waals surface area contributed by atoms with Gasteiger partial charge in [-0.3, -0.25) is 13.9 Å². The number of benzene rings is 3. The molecule has 1 N–H and O–H groups in total. The lowest BCUT2D eigenvalue weighted by atomic mass is 10.1. The molecule has 3 aromatic carbocycles. The fourth-order valence-corrected chi connectivity index (χ4v) is 6.71. The number of carbonyl (C=O) groups is 2. The van der Waals surface area contributed by atoms with Crippen LogP contribution in [0.3, 0.4) is 0 Å². The Hall–Kier alpha value is -3.36. The smallest absolute Gasteiger partial charge is 0.264 e. The van der Waals surface area contributed by atoms with Gasteiger partial charge >= 0.3 is 0 Å². The highest BCUT2D eigenvalue weighted by molar-refractivity contribution is 7.92. The summed E-state index contributed by atoms with van der Waals surface area (Å²) in [4.78, 5) is 28.9. The number of carbonyl (C=O) groups excluding carboxylic acids is 2. The zero-order valence-electron chi connectivity index (χ0n) is 23.1. The fourth-order valence-electron chi connectivity index (χ4n) is 5.08. The Kier molecular flexibility index (Phi) is 9.53. The van der Waals surface area contributed by atoms with E-state index in [1.165, 1.54) is 17.0 Å². The third-order valence-corrected chi connectivity index (χ3v) is 9.39. The van der Waals surface area contributed by atoms with E-state index in [0.717, 1.165) is 46.7 Å². The lowest BCUT2D eigenvalue weighted by molar-refractivity contribution is -0.139. The van der Waals surface area contributed by atoms with Crippen molar-refractivity contribution < 1.29 is 18.0 Å². The van der Waals surface area contributed by atoms with E-state index in [2.05, 4.69) is 5.32 Å².